The van der Waals surface area contributed by atoms with Gasteiger partial charge in [0, 0.05) is 11.6 Å². The SMILES string of the molecule is COc1ccc2c(c1)nnn2C12CC(NS(N)(=O)=O)(C1)C2. The zero-order valence-corrected chi connectivity index (χ0v) is 12.2. The number of rotatable bonds is 4. The summed E-state index contributed by atoms with van der Waals surface area (Å²) in [5.74, 6) is 0.736. The second-order valence-corrected chi connectivity index (χ2v) is 7.33. The van der Waals surface area contributed by atoms with E-state index in [4.69, 9.17) is 9.88 Å². The summed E-state index contributed by atoms with van der Waals surface area (Å²) in [4.78, 5) is 0. The first-order valence-corrected chi connectivity index (χ1v) is 8.11. The molecule has 0 atom stereocenters. The number of benzene rings is 1. The first-order chi connectivity index (χ1) is 9.85. The molecule has 0 radical (unpaired) electrons. The van der Waals surface area contributed by atoms with Gasteiger partial charge in [0.25, 0.3) is 10.2 Å². The largest absolute Gasteiger partial charge is 0.497 e. The number of hydrogen-bond donors (Lipinski definition) is 2. The molecule has 9 heteroatoms. The van der Waals surface area contributed by atoms with Crippen LogP contribution in [0.5, 0.6) is 5.75 Å². The smallest absolute Gasteiger partial charge is 0.274 e. The van der Waals surface area contributed by atoms with E-state index < -0.39 is 15.7 Å². The molecule has 0 spiro atoms. The number of nitrogens with zero attached hydrogens (tertiary/aromatic N) is 3. The molecule has 3 aliphatic rings. The molecule has 0 aliphatic heterocycles. The standard InChI is InChI=1S/C12H15N5O3S/c1-20-8-2-3-10-9(4-8)14-16-17(10)12-5-11(6-12,7-12)15-21(13,18)19/h2-4,15H,5-7H2,1H3,(H2,13,18,19). The molecule has 112 valence electrons. The maximum absolute atomic E-state index is 11.2. The molecule has 1 aromatic carbocycles. The van der Waals surface area contributed by atoms with Crippen molar-refractivity contribution in [3.05, 3.63) is 18.2 Å². The summed E-state index contributed by atoms with van der Waals surface area (Å²) in [7, 11) is -2.06. The maximum Gasteiger partial charge on any atom is 0.274 e. The van der Waals surface area contributed by atoms with Crippen LogP contribution >= 0.6 is 0 Å². The van der Waals surface area contributed by atoms with E-state index in [0.29, 0.717) is 19.3 Å². The van der Waals surface area contributed by atoms with E-state index in [9.17, 15) is 8.42 Å². The minimum absolute atomic E-state index is 0.138. The summed E-state index contributed by atoms with van der Waals surface area (Å²) in [6.45, 7) is 0. The summed E-state index contributed by atoms with van der Waals surface area (Å²) in [6.07, 6.45) is 2.09. The molecule has 5 rings (SSSR count). The molecule has 3 fully saturated rings. The fourth-order valence-electron chi connectivity index (χ4n) is 3.75. The lowest BCUT2D eigenvalue weighted by Gasteiger charge is -2.69. The quantitative estimate of drug-likeness (QED) is 0.816. The zero-order chi connectivity index (χ0) is 14.9. The Kier molecular flexibility index (Phi) is 2.31. The normalized spacial score (nSPS) is 30.8. The highest BCUT2D eigenvalue weighted by molar-refractivity contribution is 7.87. The van der Waals surface area contributed by atoms with Crippen molar-refractivity contribution < 1.29 is 13.2 Å². The van der Waals surface area contributed by atoms with E-state index in [1.165, 1.54) is 0 Å². The van der Waals surface area contributed by atoms with Crippen molar-refractivity contribution >= 4 is 21.2 Å². The Bertz CT molecular complexity index is 824. The van der Waals surface area contributed by atoms with Crippen LogP contribution in [-0.2, 0) is 15.7 Å². The number of hydrogen-bond acceptors (Lipinski definition) is 5. The van der Waals surface area contributed by atoms with E-state index in [-0.39, 0.29) is 5.54 Å². The highest BCUT2D eigenvalue weighted by Gasteiger charge is 2.71. The molecule has 1 aromatic heterocycles. The minimum Gasteiger partial charge on any atom is -0.497 e. The lowest BCUT2D eigenvalue weighted by Crippen LogP contribution is -2.79. The van der Waals surface area contributed by atoms with E-state index in [1.54, 1.807) is 7.11 Å². The number of fused-ring (bicyclic) bond motifs is 1. The lowest BCUT2D eigenvalue weighted by molar-refractivity contribution is -0.131. The number of methoxy groups -OCH3 is 1. The Labute approximate surface area is 121 Å². The van der Waals surface area contributed by atoms with Gasteiger partial charge in [0.15, 0.2) is 0 Å². The first-order valence-electron chi connectivity index (χ1n) is 6.57. The van der Waals surface area contributed by atoms with E-state index in [2.05, 4.69) is 15.0 Å². The summed E-state index contributed by atoms with van der Waals surface area (Å²) >= 11 is 0. The average molecular weight is 309 g/mol. The van der Waals surface area contributed by atoms with Crippen LogP contribution in [0.4, 0.5) is 0 Å². The van der Waals surface area contributed by atoms with Crippen LogP contribution < -0.4 is 14.6 Å². The number of ether oxygens (including phenoxy) is 1. The van der Waals surface area contributed by atoms with Gasteiger partial charge in [0.1, 0.15) is 11.3 Å². The number of aromatic nitrogens is 3. The van der Waals surface area contributed by atoms with Gasteiger partial charge in [0.2, 0.25) is 0 Å². The third-order valence-electron chi connectivity index (χ3n) is 4.46. The molecule has 3 N–H and O–H groups in total. The Morgan fingerprint density at radius 3 is 2.71 bits per heavy atom. The van der Waals surface area contributed by atoms with Crippen molar-refractivity contribution in [2.75, 3.05) is 7.11 Å². The van der Waals surface area contributed by atoms with Gasteiger partial charge in [0.05, 0.1) is 18.2 Å². The molecular formula is C12H15N5O3S. The van der Waals surface area contributed by atoms with Gasteiger partial charge < -0.3 is 4.74 Å². The Morgan fingerprint density at radius 2 is 2.10 bits per heavy atom. The second-order valence-electron chi connectivity index (χ2n) is 6.04. The third kappa shape index (κ3) is 1.78. The minimum atomic E-state index is -3.66. The van der Waals surface area contributed by atoms with Gasteiger partial charge in [-0.05, 0) is 31.4 Å². The molecule has 3 saturated carbocycles. The summed E-state index contributed by atoms with van der Waals surface area (Å²) in [5, 5.41) is 13.5. The summed E-state index contributed by atoms with van der Waals surface area (Å²) in [5.41, 5.74) is 1.17. The molecule has 0 amide bonds. The van der Waals surface area contributed by atoms with E-state index >= 15 is 0 Å². The Hall–Kier alpha value is -1.71. The monoisotopic (exact) mass is 309 g/mol. The van der Waals surface area contributed by atoms with Gasteiger partial charge in [-0.15, -0.1) is 5.10 Å². The number of nitrogens with one attached hydrogen (secondary N) is 1. The summed E-state index contributed by atoms with van der Waals surface area (Å²) in [6, 6.07) is 5.63. The van der Waals surface area contributed by atoms with Crippen molar-refractivity contribution in [1.82, 2.24) is 19.7 Å². The van der Waals surface area contributed by atoms with Gasteiger partial charge in [-0.25, -0.2) is 9.82 Å². The molecule has 8 nitrogen and oxygen atoms in total. The Morgan fingerprint density at radius 1 is 1.38 bits per heavy atom. The predicted molar refractivity (Wildman–Crippen MR) is 74.9 cm³/mol. The zero-order valence-electron chi connectivity index (χ0n) is 11.4. The van der Waals surface area contributed by atoms with Crippen molar-refractivity contribution in [3.8, 4) is 5.75 Å². The van der Waals surface area contributed by atoms with Gasteiger partial charge in [-0.3, -0.25) is 0 Å². The molecule has 1 heterocycles. The fourth-order valence-corrected chi connectivity index (χ4v) is 4.57. The third-order valence-corrected chi connectivity index (χ3v) is 5.18. The molecule has 0 unspecified atom stereocenters. The highest BCUT2D eigenvalue weighted by Crippen LogP contribution is 2.65. The topological polar surface area (TPSA) is 112 Å². The molecule has 2 aromatic rings. The summed E-state index contributed by atoms with van der Waals surface area (Å²) < 4.78 is 31.9. The van der Waals surface area contributed by atoms with E-state index in [1.807, 2.05) is 22.9 Å². The van der Waals surface area contributed by atoms with Crippen LogP contribution in [0.1, 0.15) is 19.3 Å². The molecular weight excluding hydrogens is 294 g/mol. The fraction of sp³-hybridized carbons (Fsp3) is 0.500. The Balaban J connectivity index is 1.63. The average Bonchev–Trinajstić information content (AvgIpc) is 2.73. The molecule has 2 bridgehead atoms. The highest BCUT2D eigenvalue weighted by atomic mass is 32.2. The van der Waals surface area contributed by atoms with Gasteiger partial charge in [-0.1, -0.05) is 5.21 Å². The van der Waals surface area contributed by atoms with Crippen LogP contribution in [0.2, 0.25) is 0 Å². The first kappa shape index (κ1) is 13.0. The van der Waals surface area contributed by atoms with Crippen LogP contribution in [-0.4, -0.2) is 36.1 Å². The maximum atomic E-state index is 11.2. The van der Waals surface area contributed by atoms with Crippen LogP contribution in [0.3, 0.4) is 0 Å². The van der Waals surface area contributed by atoms with Crippen LogP contribution in [0.15, 0.2) is 18.2 Å². The molecule has 21 heavy (non-hydrogen) atoms. The predicted octanol–water partition coefficient (Wildman–Crippen LogP) is -0.135. The number of nitrogens with two attached hydrogens (primary N) is 1. The van der Waals surface area contributed by atoms with Crippen LogP contribution in [0.25, 0.3) is 11.0 Å². The van der Waals surface area contributed by atoms with Crippen molar-refractivity contribution in [2.24, 2.45) is 5.14 Å². The van der Waals surface area contributed by atoms with Crippen molar-refractivity contribution in [3.63, 3.8) is 0 Å². The van der Waals surface area contributed by atoms with E-state index in [0.717, 1.165) is 16.8 Å². The molecule has 0 saturated heterocycles. The van der Waals surface area contributed by atoms with Crippen molar-refractivity contribution in [2.45, 2.75) is 30.3 Å². The molecule has 3 aliphatic carbocycles. The van der Waals surface area contributed by atoms with Gasteiger partial charge >= 0.3 is 0 Å². The second kappa shape index (κ2) is 3.73. The lowest BCUT2D eigenvalue weighted by atomic mass is 9.44. The van der Waals surface area contributed by atoms with Gasteiger partial charge in [-0.2, -0.15) is 13.1 Å². The van der Waals surface area contributed by atoms with Crippen LogP contribution in [0, 0.1) is 0 Å². The van der Waals surface area contributed by atoms with Crippen molar-refractivity contribution in [1.29, 1.82) is 0 Å².